The van der Waals surface area contributed by atoms with E-state index in [2.05, 4.69) is 20.9 Å². The first-order valence-electron chi connectivity index (χ1n) is 6.46. The Bertz CT molecular complexity index is 901. The third-order valence-corrected chi connectivity index (χ3v) is 4.39. The number of nitrogens with two attached hydrogens (primary N) is 1. The summed E-state index contributed by atoms with van der Waals surface area (Å²) in [5.74, 6) is -1.63. The number of fused-ring (bicyclic) bond motifs is 1. The summed E-state index contributed by atoms with van der Waals surface area (Å²) in [5.41, 5.74) is 8.02. The highest BCUT2D eigenvalue weighted by molar-refractivity contribution is 9.10. The van der Waals surface area contributed by atoms with E-state index in [-0.39, 0.29) is 15.9 Å². The molecule has 1 heterocycles. The van der Waals surface area contributed by atoms with Crippen molar-refractivity contribution in [1.82, 2.24) is 4.98 Å². The number of aromatic amines is 1. The average molecular weight is 365 g/mol. The minimum atomic E-state index is -0.719. The fraction of sp³-hybridized carbons (Fsp3) is 0.0625. The number of nitrogens with one attached hydrogen (secondary N) is 1. The van der Waals surface area contributed by atoms with E-state index in [1.54, 1.807) is 19.1 Å². The van der Waals surface area contributed by atoms with Crippen LogP contribution < -0.4 is 5.73 Å². The summed E-state index contributed by atoms with van der Waals surface area (Å²) in [4.78, 5) is 14.6. The van der Waals surface area contributed by atoms with Gasteiger partial charge in [0.1, 0.15) is 11.6 Å². The molecule has 0 spiro atoms. The highest BCUT2D eigenvalue weighted by atomic mass is 79.9. The van der Waals surface area contributed by atoms with E-state index < -0.39 is 11.7 Å². The number of carbonyl (C=O) groups is 1. The maximum Gasteiger partial charge on any atom is 0.250 e. The van der Waals surface area contributed by atoms with E-state index in [9.17, 15) is 13.6 Å². The lowest BCUT2D eigenvalue weighted by molar-refractivity contribution is 0.100. The molecular formula is C16H11BrF2N2O. The van der Waals surface area contributed by atoms with Crippen LogP contribution in [0.5, 0.6) is 0 Å². The van der Waals surface area contributed by atoms with Crippen LogP contribution in [-0.2, 0) is 0 Å². The van der Waals surface area contributed by atoms with E-state index >= 15 is 0 Å². The molecule has 3 nitrogen and oxygen atoms in total. The molecule has 0 saturated carbocycles. The fourth-order valence-electron chi connectivity index (χ4n) is 2.55. The van der Waals surface area contributed by atoms with Crippen LogP contribution in [0.15, 0.2) is 34.8 Å². The molecule has 6 heteroatoms. The number of hydrogen-bond donors (Lipinski definition) is 2. The van der Waals surface area contributed by atoms with Gasteiger partial charge in [0.15, 0.2) is 0 Å². The van der Waals surface area contributed by atoms with Crippen molar-refractivity contribution in [1.29, 1.82) is 0 Å². The number of hydrogen-bond acceptors (Lipinski definition) is 1. The van der Waals surface area contributed by atoms with Gasteiger partial charge < -0.3 is 10.7 Å². The summed E-state index contributed by atoms with van der Waals surface area (Å²) in [5, 5.41) is 0.549. The zero-order chi connectivity index (χ0) is 16.0. The minimum Gasteiger partial charge on any atom is -0.366 e. The van der Waals surface area contributed by atoms with Crippen LogP contribution in [0.25, 0.3) is 22.2 Å². The Morgan fingerprint density at radius 1 is 1.23 bits per heavy atom. The summed E-state index contributed by atoms with van der Waals surface area (Å²) < 4.78 is 27.3. The van der Waals surface area contributed by atoms with Crippen LogP contribution >= 0.6 is 15.9 Å². The van der Waals surface area contributed by atoms with Crippen molar-refractivity contribution in [2.75, 3.05) is 0 Å². The molecule has 2 aromatic carbocycles. The van der Waals surface area contributed by atoms with E-state index in [1.807, 2.05) is 0 Å². The second-order valence-electron chi connectivity index (χ2n) is 4.97. The predicted molar refractivity (Wildman–Crippen MR) is 84.6 cm³/mol. The van der Waals surface area contributed by atoms with E-state index in [4.69, 9.17) is 5.73 Å². The molecule has 0 aliphatic carbocycles. The second-order valence-corrected chi connectivity index (χ2v) is 5.76. The van der Waals surface area contributed by atoms with Crippen molar-refractivity contribution in [3.63, 3.8) is 0 Å². The molecule has 0 bridgehead atoms. The highest BCUT2D eigenvalue weighted by Crippen LogP contribution is 2.37. The Morgan fingerprint density at radius 2 is 1.86 bits per heavy atom. The maximum atomic E-state index is 14.0. The average Bonchev–Trinajstić information content (AvgIpc) is 2.81. The molecule has 112 valence electrons. The molecule has 0 aliphatic heterocycles. The van der Waals surface area contributed by atoms with Gasteiger partial charge in [0.25, 0.3) is 5.91 Å². The number of primary amides is 1. The largest absolute Gasteiger partial charge is 0.366 e. The number of amides is 1. The lowest BCUT2D eigenvalue weighted by Crippen LogP contribution is -2.12. The van der Waals surface area contributed by atoms with Gasteiger partial charge in [0.2, 0.25) is 0 Å². The van der Waals surface area contributed by atoms with Crippen molar-refractivity contribution in [3.8, 4) is 11.3 Å². The van der Waals surface area contributed by atoms with Gasteiger partial charge in [-0.25, -0.2) is 8.78 Å². The molecule has 3 aromatic rings. The summed E-state index contributed by atoms with van der Waals surface area (Å²) in [7, 11) is 0. The van der Waals surface area contributed by atoms with E-state index in [1.165, 1.54) is 12.1 Å². The van der Waals surface area contributed by atoms with Crippen molar-refractivity contribution in [3.05, 3.63) is 57.6 Å². The first kappa shape index (κ1) is 14.7. The smallest absolute Gasteiger partial charge is 0.250 e. The SMILES string of the molecule is Cc1c(-c2ccc(F)cc2)[nH]c2c(C(N)=O)cc(F)c(Br)c12. The van der Waals surface area contributed by atoms with Gasteiger partial charge in [-0.3, -0.25) is 4.79 Å². The molecule has 22 heavy (non-hydrogen) atoms. The van der Waals surface area contributed by atoms with Crippen molar-refractivity contribution >= 4 is 32.7 Å². The molecule has 0 radical (unpaired) electrons. The predicted octanol–water partition coefficient (Wildman–Crippen LogP) is 4.28. The number of aryl methyl sites for hydroxylation is 1. The van der Waals surface area contributed by atoms with Gasteiger partial charge in [-0.2, -0.15) is 0 Å². The molecule has 3 rings (SSSR count). The van der Waals surface area contributed by atoms with Crippen LogP contribution in [0.2, 0.25) is 0 Å². The molecule has 0 aliphatic rings. The van der Waals surface area contributed by atoms with Crippen molar-refractivity contribution < 1.29 is 13.6 Å². The highest BCUT2D eigenvalue weighted by Gasteiger charge is 2.20. The lowest BCUT2D eigenvalue weighted by Gasteiger charge is -2.03. The van der Waals surface area contributed by atoms with E-state index in [0.29, 0.717) is 16.6 Å². The number of H-pyrrole nitrogens is 1. The fourth-order valence-corrected chi connectivity index (χ4v) is 3.16. The Labute approximate surface area is 133 Å². The van der Waals surface area contributed by atoms with Crippen LogP contribution in [0, 0.1) is 18.6 Å². The summed E-state index contributed by atoms with van der Waals surface area (Å²) in [6.45, 7) is 1.80. The normalized spacial score (nSPS) is 11.1. The number of rotatable bonds is 2. The molecule has 0 fully saturated rings. The third-order valence-electron chi connectivity index (χ3n) is 3.62. The molecule has 1 aromatic heterocycles. The standard InChI is InChI=1S/C16H11BrF2N2O/c1-7-12-13(17)11(19)6-10(16(20)22)15(12)21-14(7)8-2-4-9(18)5-3-8/h2-6,21H,1H3,(H2,20,22). The maximum absolute atomic E-state index is 14.0. The Morgan fingerprint density at radius 3 is 2.45 bits per heavy atom. The third kappa shape index (κ3) is 2.20. The van der Waals surface area contributed by atoms with Crippen molar-refractivity contribution in [2.24, 2.45) is 5.73 Å². The summed E-state index contributed by atoms with van der Waals surface area (Å²) >= 11 is 3.21. The minimum absolute atomic E-state index is 0.0761. The number of aromatic nitrogens is 1. The number of benzene rings is 2. The summed E-state index contributed by atoms with van der Waals surface area (Å²) in [6, 6.07) is 7.00. The summed E-state index contributed by atoms with van der Waals surface area (Å²) in [6.07, 6.45) is 0. The van der Waals surface area contributed by atoms with Gasteiger partial charge >= 0.3 is 0 Å². The van der Waals surface area contributed by atoms with Gasteiger partial charge in [-0.15, -0.1) is 0 Å². The Kier molecular flexibility index (Phi) is 3.48. The number of carbonyl (C=O) groups excluding carboxylic acids is 1. The quantitative estimate of drug-likeness (QED) is 0.700. The molecule has 0 saturated heterocycles. The van der Waals surface area contributed by atoms with Gasteiger partial charge in [-0.05, 0) is 64.3 Å². The molecule has 0 unspecified atom stereocenters. The first-order chi connectivity index (χ1) is 10.4. The van der Waals surface area contributed by atoms with E-state index in [0.717, 1.165) is 17.2 Å². The number of halogens is 3. The van der Waals surface area contributed by atoms with Crippen LogP contribution in [0.1, 0.15) is 15.9 Å². The van der Waals surface area contributed by atoms with Gasteiger partial charge in [-0.1, -0.05) is 0 Å². The topological polar surface area (TPSA) is 58.9 Å². The Balaban J connectivity index is 2.37. The van der Waals surface area contributed by atoms with Crippen LogP contribution in [0.4, 0.5) is 8.78 Å². The molecule has 3 N–H and O–H groups in total. The zero-order valence-corrected chi connectivity index (χ0v) is 13.1. The second kappa shape index (κ2) is 5.21. The van der Waals surface area contributed by atoms with Crippen LogP contribution in [-0.4, -0.2) is 10.9 Å². The monoisotopic (exact) mass is 364 g/mol. The van der Waals surface area contributed by atoms with Gasteiger partial charge in [0, 0.05) is 11.1 Å². The first-order valence-corrected chi connectivity index (χ1v) is 7.25. The Hall–Kier alpha value is -2.21. The molecule has 0 atom stereocenters. The lowest BCUT2D eigenvalue weighted by atomic mass is 10.0. The molecular weight excluding hydrogens is 354 g/mol. The van der Waals surface area contributed by atoms with Crippen molar-refractivity contribution in [2.45, 2.75) is 6.92 Å². The van der Waals surface area contributed by atoms with Crippen LogP contribution in [0.3, 0.4) is 0 Å². The van der Waals surface area contributed by atoms with Gasteiger partial charge in [0.05, 0.1) is 15.6 Å². The molecule has 1 amide bonds. The zero-order valence-electron chi connectivity index (χ0n) is 11.5.